The molecule has 0 spiro atoms. The van der Waals surface area contributed by atoms with E-state index >= 15 is 0 Å². The number of carboxylic acids is 2. The van der Waals surface area contributed by atoms with Gasteiger partial charge in [-0.05, 0) is 31.7 Å². The summed E-state index contributed by atoms with van der Waals surface area (Å²) in [4.78, 5) is 36.6. The van der Waals surface area contributed by atoms with E-state index in [1.54, 1.807) is 17.9 Å². The van der Waals surface area contributed by atoms with Crippen LogP contribution in [0.4, 0.5) is 5.69 Å². The van der Waals surface area contributed by atoms with E-state index in [9.17, 15) is 29.9 Å². The molecule has 0 radical (unpaired) electrons. The minimum atomic E-state index is -1.22. The molecule has 1 aromatic rings. The van der Waals surface area contributed by atoms with Crippen molar-refractivity contribution in [1.82, 2.24) is 4.90 Å². The van der Waals surface area contributed by atoms with Crippen molar-refractivity contribution in [1.29, 1.82) is 0 Å². The lowest BCUT2D eigenvalue weighted by atomic mass is 9.79. The maximum Gasteiger partial charge on any atom is 0.334 e. The maximum atomic E-state index is 12.2. The summed E-state index contributed by atoms with van der Waals surface area (Å²) >= 11 is 0. The van der Waals surface area contributed by atoms with E-state index in [4.69, 9.17) is 0 Å². The summed E-state index contributed by atoms with van der Waals surface area (Å²) in [5.41, 5.74) is 1.17. The number of benzene rings is 1. The van der Waals surface area contributed by atoms with Crippen LogP contribution in [0.25, 0.3) is 0 Å². The van der Waals surface area contributed by atoms with Gasteiger partial charge in [0.15, 0.2) is 0 Å². The molecular weight excluding hydrogens is 352 g/mol. The Morgan fingerprint density at radius 2 is 1.85 bits per heavy atom. The van der Waals surface area contributed by atoms with Gasteiger partial charge in [0.2, 0.25) is 0 Å². The Labute approximate surface area is 155 Å². The number of nitrogens with zero attached hydrogens (tertiary/aromatic N) is 2. The molecule has 0 aromatic heterocycles. The SMILES string of the molecule is CC1=C(C(=O)O)C(c2cccc([N+](=O)[O-])c2)C(C(=O)O)=C2CCCCCN12. The second-order valence-corrected chi connectivity index (χ2v) is 6.72. The third-order valence-corrected chi connectivity index (χ3v) is 5.18. The first kappa shape index (κ1) is 18.6. The fraction of sp³-hybridized carbons (Fsp3) is 0.368. The van der Waals surface area contributed by atoms with Gasteiger partial charge in [0, 0.05) is 30.1 Å². The van der Waals surface area contributed by atoms with Crippen LogP contribution in [0.1, 0.15) is 44.1 Å². The largest absolute Gasteiger partial charge is 0.478 e. The normalized spacial score (nSPS) is 20.2. The molecule has 3 rings (SSSR count). The highest BCUT2D eigenvalue weighted by Crippen LogP contribution is 2.44. The molecule has 1 unspecified atom stereocenters. The van der Waals surface area contributed by atoms with E-state index < -0.39 is 22.8 Å². The number of carbonyl (C=O) groups is 2. The van der Waals surface area contributed by atoms with Crippen molar-refractivity contribution in [3.8, 4) is 0 Å². The van der Waals surface area contributed by atoms with E-state index in [1.165, 1.54) is 18.2 Å². The van der Waals surface area contributed by atoms with Gasteiger partial charge in [0.25, 0.3) is 5.69 Å². The molecule has 2 heterocycles. The highest BCUT2D eigenvalue weighted by Gasteiger charge is 2.41. The van der Waals surface area contributed by atoms with Crippen LogP contribution in [0.3, 0.4) is 0 Å². The van der Waals surface area contributed by atoms with E-state index in [1.807, 2.05) is 0 Å². The van der Waals surface area contributed by atoms with Crippen LogP contribution in [0.5, 0.6) is 0 Å². The summed E-state index contributed by atoms with van der Waals surface area (Å²) in [5.74, 6) is -3.46. The minimum Gasteiger partial charge on any atom is -0.478 e. The molecule has 2 aliphatic rings. The number of aliphatic carboxylic acids is 2. The number of allylic oxidation sites excluding steroid dienone is 2. The van der Waals surface area contributed by atoms with Crippen molar-refractivity contribution in [2.75, 3.05) is 6.54 Å². The van der Waals surface area contributed by atoms with Crippen molar-refractivity contribution < 1.29 is 24.7 Å². The summed E-state index contributed by atoms with van der Waals surface area (Å²) in [7, 11) is 0. The fourth-order valence-electron chi connectivity index (χ4n) is 4.00. The Morgan fingerprint density at radius 1 is 1.15 bits per heavy atom. The van der Waals surface area contributed by atoms with Crippen molar-refractivity contribution in [3.05, 3.63) is 62.5 Å². The molecule has 8 heteroatoms. The Morgan fingerprint density at radius 3 is 2.48 bits per heavy atom. The summed E-state index contributed by atoms with van der Waals surface area (Å²) in [5, 5.41) is 30.9. The molecule has 0 aliphatic carbocycles. The van der Waals surface area contributed by atoms with Gasteiger partial charge in [-0.2, -0.15) is 0 Å². The first-order valence-electron chi connectivity index (χ1n) is 8.75. The van der Waals surface area contributed by atoms with E-state index in [0.717, 1.165) is 19.3 Å². The average Bonchev–Trinajstić information content (AvgIpc) is 2.87. The van der Waals surface area contributed by atoms with E-state index in [0.29, 0.717) is 29.9 Å². The molecule has 1 aromatic carbocycles. The molecule has 1 fully saturated rings. The van der Waals surface area contributed by atoms with E-state index in [2.05, 4.69) is 0 Å². The lowest BCUT2D eigenvalue weighted by Gasteiger charge is -2.37. The number of carboxylic acid groups (broad SMARTS) is 2. The molecule has 0 bridgehead atoms. The molecule has 142 valence electrons. The zero-order chi connectivity index (χ0) is 19.7. The van der Waals surface area contributed by atoms with Crippen LogP contribution in [-0.4, -0.2) is 38.5 Å². The number of hydrogen-bond acceptors (Lipinski definition) is 5. The van der Waals surface area contributed by atoms with Gasteiger partial charge in [-0.25, -0.2) is 9.59 Å². The summed E-state index contributed by atoms with van der Waals surface area (Å²) in [6.07, 6.45) is 3.14. The molecule has 0 amide bonds. The van der Waals surface area contributed by atoms with Gasteiger partial charge in [-0.15, -0.1) is 0 Å². The Kier molecular flexibility index (Phi) is 4.98. The van der Waals surface area contributed by atoms with Crippen LogP contribution in [0, 0.1) is 10.1 Å². The predicted octanol–water partition coefficient (Wildman–Crippen LogP) is 3.27. The Bertz CT molecular complexity index is 886. The van der Waals surface area contributed by atoms with Crippen molar-refractivity contribution in [2.24, 2.45) is 0 Å². The lowest BCUT2D eigenvalue weighted by molar-refractivity contribution is -0.384. The van der Waals surface area contributed by atoms with Gasteiger partial charge in [-0.3, -0.25) is 10.1 Å². The zero-order valence-electron chi connectivity index (χ0n) is 14.8. The summed E-state index contributed by atoms with van der Waals surface area (Å²) in [6.45, 7) is 2.24. The fourth-order valence-corrected chi connectivity index (χ4v) is 4.00. The number of nitro benzene ring substituents is 1. The summed E-state index contributed by atoms with van der Waals surface area (Å²) in [6, 6.07) is 5.56. The first-order chi connectivity index (χ1) is 12.8. The van der Waals surface area contributed by atoms with Gasteiger partial charge in [-0.1, -0.05) is 18.6 Å². The second kappa shape index (κ2) is 7.22. The smallest absolute Gasteiger partial charge is 0.334 e. The quantitative estimate of drug-likeness (QED) is 0.614. The number of nitro groups is 1. The van der Waals surface area contributed by atoms with Crippen LogP contribution in [-0.2, 0) is 9.59 Å². The third-order valence-electron chi connectivity index (χ3n) is 5.18. The van der Waals surface area contributed by atoms with Crippen molar-refractivity contribution in [3.63, 3.8) is 0 Å². The Hall–Kier alpha value is -3.16. The topological polar surface area (TPSA) is 121 Å². The zero-order valence-corrected chi connectivity index (χ0v) is 14.8. The number of non-ortho nitro benzene ring substituents is 1. The molecule has 2 aliphatic heterocycles. The third kappa shape index (κ3) is 3.30. The Balaban J connectivity index is 2.28. The highest BCUT2D eigenvalue weighted by molar-refractivity contribution is 5.98. The molecular formula is C19H20N2O6. The first-order valence-corrected chi connectivity index (χ1v) is 8.75. The molecule has 0 saturated carbocycles. The molecule has 1 saturated heterocycles. The van der Waals surface area contributed by atoms with Crippen molar-refractivity contribution in [2.45, 2.75) is 38.5 Å². The second-order valence-electron chi connectivity index (χ2n) is 6.72. The maximum absolute atomic E-state index is 12.2. The van der Waals surface area contributed by atoms with Gasteiger partial charge in [0.05, 0.1) is 22.0 Å². The van der Waals surface area contributed by atoms with Crippen LogP contribution < -0.4 is 0 Å². The van der Waals surface area contributed by atoms with Crippen LogP contribution >= 0.6 is 0 Å². The van der Waals surface area contributed by atoms with Crippen molar-refractivity contribution >= 4 is 17.6 Å². The van der Waals surface area contributed by atoms with Crippen LogP contribution in [0.2, 0.25) is 0 Å². The molecule has 1 atom stereocenters. The summed E-state index contributed by atoms with van der Waals surface area (Å²) < 4.78 is 0. The van der Waals surface area contributed by atoms with E-state index in [-0.39, 0.29) is 16.8 Å². The minimum absolute atomic E-state index is 0.000368. The molecule has 27 heavy (non-hydrogen) atoms. The molecule has 8 nitrogen and oxygen atoms in total. The molecule has 2 N–H and O–H groups in total. The van der Waals surface area contributed by atoms with Gasteiger partial charge >= 0.3 is 11.9 Å². The highest BCUT2D eigenvalue weighted by atomic mass is 16.6. The van der Waals surface area contributed by atoms with Crippen LogP contribution in [0.15, 0.2) is 46.8 Å². The number of rotatable bonds is 4. The number of hydrogen-bond donors (Lipinski definition) is 2. The monoisotopic (exact) mass is 372 g/mol. The van der Waals surface area contributed by atoms with Gasteiger partial charge in [0.1, 0.15) is 0 Å². The van der Waals surface area contributed by atoms with Gasteiger partial charge < -0.3 is 15.1 Å². The predicted molar refractivity (Wildman–Crippen MR) is 96.0 cm³/mol. The standard InChI is InChI=1S/C19H20N2O6/c1-11-15(18(22)23)16(12-6-5-7-13(10-12)21(26)27)17(19(24)25)14-8-3-2-4-9-20(11)14/h5-7,10,16H,2-4,8-9H2,1H3,(H,22,23)(H,24,25). The lowest BCUT2D eigenvalue weighted by Crippen LogP contribution is -2.35. The number of fused-ring (bicyclic) bond motifs is 1. The average molecular weight is 372 g/mol.